The Hall–Kier alpha value is -2.83. The van der Waals surface area contributed by atoms with E-state index >= 15 is 0 Å². The molecule has 3 amide bonds. The first kappa shape index (κ1) is 15.1. The average molecular weight is 317 g/mol. The van der Waals surface area contributed by atoms with Crippen molar-refractivity contribution in [2.24, 2.45) is 0 Å². The molecule has 118 valence electrons. The number of hydrogen-bond acceptors (Lipinski definition) is 3. The number of aromatic nitrogens is 1. The van der Waals surface area contributed by atoms with Crippen LogP contribution in [0.4, 0.5) is 13.6 Å². The minimum Gasteiger partial charge on any atom is -0.319 e. The van der Waals surface area contributed by atoms with Gasteiger partial charge in [-0.25, -0.2) is 13.6 Å². The molecule has 1 N–H and O–H groups in total. The van der Waals surface area contributed by atoms with Crippen LogP contribution in [0.25, 0.3) is 0 Å². The van der Waals surface area contributed by atoms with Gasteiger partial charge in [0.1, 0.15) is 17.2 Å². The molecule has 0 aliphatic carbocycles. The standard InChI is InChI=1S/C16H13F2N3O2/c1-16(10-6-11(17)8-12(18)7-10)14(22)21(15(23)20-16)9-13-4-2-3-5-19-13/h2-8H,9H2,1H3,(H,20,23). The first-order valence-corrected chi connectivity index (χ1v) is 6.91. The van der Waals surface area contributed by atoms with Crippen LogP contribution in [0.1, 0.15) is 18.2 Å². The molecule has 1 aromatic carbocycles. The molecule has 1 aliphatic heterocycles. The zero-order valence-electron chi connectivity index (χ0n) is 12.2. The lowest BCUT2D eigenvalue weighted by molar-refractivity contribution is -0.131. The van der Waals surface area contributed by atoms with E-state index in [-0.39, 0.29) is 12.1 Å². The SMILES string of the molecule is CC1(c2cc(F)cc(F)c2)NC(=O)N(Cc2ccccn2)C1=O. The molecule has 0 saturated carbocycles. The van der Waals surface area contributed by atoms with Crippen LogP contribution in [0.15, 0.2) is 42.6 Å². The lowest BCUT2D eigenvalue weighted by Gasteiger charge is -2.22. The monoisotopic (exact) mass is 317 g/mol. The second-order valence-electron chi connectivity index (χ2n) is 5.43. The number of nitrogens with zero attached hydrogens (tertiary/aromatic N) is 2. The minimum atomic E-state index is -1.52. The molecular formula is C16H13F2N3O2. The number of urea groups is 1. The fourth-order valence-electron chi connectivity index (χ4n) is 2.53. The Morgan fingerprint density at radius 2 is 1.87 bits per heavy atom. The van der Waals surface area contributed by atoms with E-state index in [9.17, 15) is 18.4 Å². The predicted octanol–water partition coefficient (Wildman–Crippen LogP) is 2.33. The second kappa shape index (κ2) is 5.42. The first-order valence-electron chi connectivity index (χ1n) is 6.91. The van der Waals surface area contributed by atoms with Crippen LogP contribution >= 0.6 is 0 Å². The van der Waals surface area contributed by atoms with E-state index in [1.165, 1.54) is 6.92 Å². The van der Waals surface area contributed by atoms with Crippen LogP contribution in [-0.4, -0.2) is 21.8 Å². The number of carbonyl (C=O) groups excluding carboxylic acids is 2. The number of hydrogen-bond donors (Lipinski definition) is 1. The summed E-state index contributed by atoms with van der Waals surface area (Å²) < 4.78 is 26.9. The molecule has 0 radical (unpaired) electrons. The molecule has 1 atom stereocenters. The zero-order chi connectivity index (χ0) is 16.6. The molecule has 5 nitrogen and oxygen atoms in total. The van der Waals surface area contributed by atoms with Crippen molar-refractivity contribution in [1.29, 1.82) is 0 Å². The van der Waals surface area contributed by atoms with Gasteiger partial charge in [0.05, 0.1) is 12.2 Å². The van der Waals surface area contributed by atoms with Gasteiger partial charge in [0, 0.05) is 12.3 Å². The summed E-state index contributed by atoms with van der Waals surface area (Å²) in [6.07, 6.45) is 1.55. The smallest absolute Gasteiger partial charge is 0.319 e. The van der Waals surface area contributed by atoms with Gasteiger partial charge in [-0.3, -0.25) is 14.7 Å². The maximum Gasteiger partial charge on any atom is 0.325 e. The van der Waals surface area contributed by atoms with E-state index < -0.39 is 29.1 Å². The second-order valence-corrected chi connectivity index (χ2v) is 5.43. The van der Waals surface area contributed by atoms with Crippen LogP contribution in [-0.2, 0) is 16.9 Å². The number of imide groups is 1. The molecule has 2 aromatic rings. The van der Waals surface area contributed by atoms with E-state index in [4.69, 9.17) is 0 Å². The summed E-state index contributed by atoms with van der Waals surface area (Å²) in [5.74, 6) is -2.21. The van der Waals surface area contributed by atoms with Gasteiger partial charge in [0.2, 0.25) is 0 Å². The fourth-order valence-corrected chi connectivity index (χ4v) is 2.53. The van der Waals surface area contributed by atoms with Crippen LogP contribution in [0.3, 0.4) is 0 Å². The van der Waals surface area contributed by atoms with E-state index in [0.29, 0.717) is 11.8 Å². The van der Waals surface area contributed by atoms with Gasteiger partial charge >= 0.3 is 6.03 Å². The zero-order valence-corrected chi connectivity index (χ0v) is 12.2. The predicted molar refractivity (Wildman–Crippen MR) is 77.0 cm³/mol. The van der Waals surface area contributed by atoms with Crippen LogP contribution in [0, 0.1) is 11.6 Å². The van der Waals surface area contributed by atoms with Crippen molar-refractivity contribution in [3.8, 4) is 0 Å². The molecule has 1 fully saturated rings. The third kappa shape index (κ3) is 2.65. The maximum absolute atomic E-state index is 13.4. The highest BCUT2D eigenvalue weighted by molar-refractivity contribution is 6.07. The van der Waals surface area contributed by atoms with Crippen molar-refractivity contribution in [2.45, 2.75) is 19.0 Å². The molecular weight excluding hydrogens is 304 g/mol. The molecule has 0 spiro atoms. The Morgan fingerprint density at radius 3 is 2.48 bits per heavy atom. The van der Waals surface area contributed by atoms with Gasteiger partial charge in [0.15, 0.2) is 0 Å². The number of rotatable bonds is 3. The lowest BCUT2D eigenvalue weighted by Crippen LogP contribution is -2.41. The molecule has 23 heavy (non-hydrogen) atoms. The summed E-state index contributed by atoms with van der Waals surface area (Å²) in [6.45, 7) is 1.40. The molecule has 1 aliphatic rings. The summed E-state index contributed by atoms with van der Waals surface area (Å²) in [7, 11) is 0. The van der Waals surface area contributed by atoms with Crippen LogP contribution in [0.5, 0.6) is 0 Å². The molecule has 3 rings (SSSR count). The normalized spacial score (nSPS) is 20.7. The van der Waals surface area contributed by atoms with E-state index in [2.05, 4.69) is 10.3 Å². The van der Waals surface area contributed by atoms with Crippen LogP contribution in [0.2, 0.25) is 0 Å². The molecule has 1 saturated heterocycles. The topological polar surface area (TPSA) is 62.3 Å². The highest BCUT2D eigenvalue weighted by Crippen LogP contribution is 2.30. The van der Waals surface area contributed by atoms with Gasteiger partial charge in [-0.2, -0.15) is 0 Å². The van der Waals surface area contributed by atoms with Gasteiger partial charge in [-0.05, 0) is 36.8 Å². The highest BCUT2D eigenvalue weighted by atomic mass is 19.1. The van der Waals surface area contributed by atoms with Crippen molar-refractivity contribution in [3.63, 3.8) is 0 Å². The van der Waals surface area contributed by atoms with Gasteiger partial charge in [-0.1, -0.05) is 6.07 Å². The number of halogens is 2. The Kier molecular flexibility index (Phi) is 3.55. The average Bonchev–Trinajstić information content (AvgIpc) is 2.72. The van der Waals surface area contributed by atoms with Gasteiger partial charge in [0.25, 0.3) is 5.91 Å². The summed E-state index contributed by atoms with van der Waals surface area (Å²) in [6, 6.07) is 7.28. The van der Waals surface area contributed by atoms with Crippen molar-refractivity contribution in [2.75, 3.05) is 0 Å². The quantitative estimate of drug-likeness (QED) is 0.884. The van der Waals surface area contributed by atoms with Crippen LogP contribution < -0.4 is 5.32 Å². The largest absolute Gasteiger partial charge is 0.325 e. The van der Waals surface area contributed by atoms with Crippen molar-refractivity contribution < 1.29 is 18.4 Å². The molecule has 7 heteroatoms. The molecule has 1 aromatic heterocycles. The number of amides is 3. The van der Waals surface area contributed by atoms with E-state index in [1.54, 1.807) is 24.4 Å². The van der Waals surface area contributed by atoms with Gasteiger partial charge in [-0.15, -0.1) is 0 Å². The Labute approximate surface area is 130 Å². The maximum atomic E-state index is 13.4. The number of nitrogens with one attached hydrogen (secondary N) is 1. The third-order valence-electron chi connectivity index (χ3n) is 3.76. The summed E-state index contributed by atoms with van der Waals surface area (Å²) in [5, 5.41) is 2.50. The third-order valence-corrected chi connectivity index (χ3v) is 3.76. The lowest BCUT2D eigenvalue weighted by atomic mass is 9.92. The number of carbonyl (C=O) groups is 2. The molecule has 2 heterocycles. The Balaban J connectivity index is 1.93. The van der Waals surface area contributed by atoms with Crippen molar-refractivity contribution >= 4 is 11.9 Å². The summed E-state index contributed by atoms with van der Waals surface area (Å²) in [4.78, 5) is 29.8. The molecule has 0 bridgehead atoms. The summed E-state index contributed by atoms with van der Waals surface area (Å²) >= 11 is 0. The molecule has 1 unspecified atom stereocenters. The minimum absolute atomic E-state index is 0.0150. The van der Waals surface area contributed by atoms with Crippen molar-refractivity contribution in [3.05, 3.63) is 65.5 Å². The van der Waals surface area contributed by atoms with E-state index in [1.807, 2.05) is 0 Å². The Bertz CT molecular complexity index is 762. The van der Waals surface area contributed by atoms with Crippen molar-refractivity contribution in [1.82, 2.24) is 15.2 Å². The summed E-state index contributed by atoms with van der Waals surface area (Å²) in [5.41, 5.74) is -0.933. The first-order chi connectivity index (χ1) is 10.9. The fraction of sp³-hybridized carbons (Fsp3) is 0.188. The van der Waals surface area contributed by atoms with E-state index in [0.717, 1.165) is 17.0 Å². The number of benzene rings is 1. The van der Waals surface area contributed by atoms with Gasteiger partial charge < -0.3 is 5.32 Å². The highest BCUT2D eigenvalue weighted by Gasteiger charge is 2.49. The Morgan fingerprint density at radius 1 is 1.17 bits per heavy atom. The number of pyridine rings is 1.